The Labute approximate surface area is 151 Å². The lowest BCUT2D eigenvalue weighted by molar-refractivity contribution is -0.148. The molecule has 0 aliphatic carbocycles. The van der Waals surface area contributed by atoms with Gasteiger partial charge in [-0.15, -0.1) is 0 Å². The standard InChI is InChI=1S/C18H22N2O6/c1-12(21)20(10-17(22)23)9-13-8-19(6-7-25-13)18(24)15-11-26-16-5-3-2-4-14(15)16/h2-5,13,15H,6-11H2,1H3,(H,22,23). The van der Waals surface area contributed by atoms with E-state index in [4.69, 9.17) is 14.6 Å². The lowest BCUT2D eigenvalue weighted by Crippen LogP contribution is -2.52. The molecule has 2 atom stereocenters. The maximum Gasteiger partial charge on any atom is 0.323 e. The molecule has 0 spiro atoms. The molecule has 26 heavy (non-hydrogen) atoms. The highest BCUT2D eigenvalue weighted by Gasteiger charge is 2.36. The highest BCUT2D eigenvalue weighted by atomic mass is 16.5. The predicted molar refractivity (Wildman–Crippen MR) is 90.9 cm³/mol. The van der Waals surface area contributed by atoms with Crippen LogP contribution in [0.1, 0.15) is 18.4 Å². The van der Waals surface area contributed by atoms with Gasteiger partial charge in [-0.3, -0.25) is 14.4 Å². The molecule has 8 heteroatoms. The van der Waals surface area contributed by atoms with Gasteiger partial charge in [0.05, 0.1) is 12.7 Å². The molecule has 8 nitrogen and oxygen atoms in total. The Morgan fingerprint density at radius 2 is 2.08 bits per heavy atom. The van der Waals surface area contributed by atoms with Crippen molar-refractivity contribution in [3.8, 4) is 5.75 Å². The summed E-state index contributed by atoms with van der Waals surface area (Å²) in [6.45, 7) is 2.54. The third kappa shape index (κ3) is 3.96. The molecule has 2 aliphatic rings. The van der Waals surface area contributed by atoms with Gasteiger partial charge in [-0.2, -0.15) is 0 Å². The van der Waals surface area contributed by atoms with Crippen molar-refractivity contribution in [2.24, 2.45) is 0 Å². The van der Waals surface area contributed by atoms with E-state index in [2.05, 4.69) is 0 Å². The molecule has 0 radical (unpaired) electrons. The molecular weight excluding hydrogens is 340 g/mol. The smallest absolute Gasteiger partial charge is 0.323 e. The van der Waals surface area contributed by atoms with E-state index in [0.29, 0.717) is 26.3 Å². The highest BCUT2D eigenvalue weighted by molar-refractivity contribution is 5.85. The van der Waals surface area contributed by atoms with Gasteiger partial charge in [-0.25, -0.2) is 0 Å². The summed E-state index contributed by atoms with van der Waals surface area (Å²) < 4.78 is 11.2. The summed E-state index contributed by atoms with van der Waals surface area (Å²) in [7, 11) is 0. The van der Waals surface area contributed by atoms with Crippen molar-refractivity contribution in [1.29, 1.82) is 0 Å². The zero-order valence-corrected chi connectivity index (χ0v) is 14.6. The summed E-state index contributed by atoms with van der Waals surface area (Å²) >= 11 is 0. The first-order valence-electron chi connectivity index (χ1n) is 8.55. The summed E-state index contributed by atoms with van der Waals surface area (Å²) in [5, 5.41) is 8.93. The predicted octanol–water partition coefficient (Wildman–Crippen LogP) is 0.323. The van der Waals surface area contributed by atoms with Crippen molar-refractivity contribution in [3.63, 3.8) is 0 Å². The Morgan fingerprint density at radius 3 is 2.81 bits per heavy atom. The molecule has 3 rings (SSSR count). The monoisotopic (exact) mass is 362 g/mol. The van der Waals surface area contributed by atoms with Gasteiger partial charge >= 0.3 is 5.97 Å². The summed E-state index contributed by atoms with van der Waals surface area (Å²) in [5.74, 6) is -1.05. The van der Waals surface area contributed by atoms with E-state index in [1.807, 2.05) is 24.3 Å². The number of hydrogen-bond donors (Lipinski definition) is 1. The van der Waals surface area contributed by atoms with Crippen LogP contribution in [0.15, 0.2) is 24.3 Å². The molecule has 1 N–H and O–H groups in total. The average molecular weight is 362 g/mol. The fraction of sp³-hybridized carbons (Fsp3) is 0.500. The number of rotatable bonds is 5. The number of fused-ring (bicyclic) bond motifs is 1. The number of amides is 2. The molecule has 0 bridgehead atoms. The molecule has 1 aromatic carbocycles. The summed E-state index contributed by atoms with van der Waals surface area (Å²) in [6.07, 6.45) is -0.409. The van der Waals surface area contributed by atoms with E-state index in [1.165, 1.54) is 11.8 Å². The van der Waals surface area contributed by atoms with E-state index in [0.717, 1.165) is 11.3 Å². The summed E-state index contributed by atoms with van der Waals surface area (Å²) in [5.41, 5.74) is 0.886. The van der Waals surface area contributed by atoms with Crippen LogP contribution in [0.5, 0.6) is 5.75 Å². The molecular formula is C18H22N2O6. The lowest BCUT2D eigenvalue weighted by atomic mass is 9.99. The van der Waals surface area contributed by atoms with E-state index < -0.39 is 12.1 Å². The first-order chi connectivity index (χ1) is 12.5. The van der Waals surface area contributed by atoms with Crippen LogP contribution in [-0.2, 0) is 19.1 Å². The SMILES string of the molecule is CC(=O)N(CC(=O)O)CC1CN(C(=O)C2COc3ccccc32)CCO1. The zero-order valence-electron chi connectivity index (χ0n) is 14.6. The Hall–Kier alpha value is -2.61. The van der Waals surface area contributed by atoms with Crippen LogP contribution in [0.2, 0.25) is 0 Å². The lowest BCUT2D eigenvalue weighted by Gasteiger charge is -2.36. The van der Waals surface area contributed by atoms with Crippen molar-refractivity contribution in [3.05, 3.63) is 29.8 Å². The van der Waals surface area contributed by atoms with Crippen molar-refractivity contribution in [2.75, 3.05) is 39.4 Å². The third-order valence-electron chi connectivity index (χ3n) is 4.64. The van der Waals surface area contributed by atoms with Gasteiger partial charge in [0.25, 0.3) is 0 Å². The Balaban J connectivity index is 1.64. The van der Waals surface area contributed by atoms with Gasteiger partial charge in [-0.1, -0.05) is 18.2 Å². The Kier molecular flexibility index (Phi) is 5.41. The van der Waals surface area contributed by atoms with Gasteiger partial charge in [0.15, 0.2) is 0 Å². The first kappa shape index (κ1) is 18.2. The minimum absolute atomic E-state index is 0.0316. The molecule has 2 amide bonds. The number of para-hydroxylation sites is 1. The number of carboxylic acids is 1. The second-order valence-electron chi connectivity index (χ2n) is 6.47. The number of benzene rings is 1. The fourth-order valence-corrected chi connectivity index (χ4v) is 3.33. The molecule has 1 saturated heterocycles. The first-order valence-corrected chi connectivity index (χ1v) is 8.55. The number of morpholine rings is 1. The fourth-order valence-electron chi connectivity index (χ4n) is 3.33. The molecule has 2 heterocycles. The van der Waals surface area contributed by atoms with Gasteiger partial charge in [-0.05, 0) is 6.07 Å². The van der Waals surface area contributed by atoms with E-state index in [-0.39, 0.29) is 30.8 Å². The average Bonchev–Trinajstić information content (AvgIpc) is 3.04. The molecule has 1 fully saturated rings. The maximum absolute atomic E-state index is 12.9. The van der Waals surface area contributed by atoms with Crippen LogP contribution >= 0.6 is 0 Å². The summed E-state index contributed by atoms with van der Waals surface area (Å²) in [4.78, 5) is 38.4. The number of carbonyl (C=O) groups excluding carboxylic acids is 2. The van der Waals surface area contributed by atoms with Crippen LogP contribution in [-0.4, -0.2) is 78.2 Å². The van der Waals surface area contributed by atoms with E-state index >= 15 is 0 Å². The van der Waals surface area contributed by atoms with Crippen LogP contribution in [0.3, 0.4) is 0 Å². The molecule has 0 aromatic heterocycles. The van der Waals surface area contributed by atoms with Gasteiger partial charge in [0.1, 0.15) is 24.8 Å². The Morgan fingerprint density at radius 1 is 1.31 bits per heavy atom. The van der Waals surface area contributed by atoms with Crippen molar-refractivity contribution >= 4 is 17.8 Å². The second-order valence-corrected chi connectivity index (χ2v) is 6.47. The number of aliphatic carboxylic acids is 1. The Bertz CT molecular complexity index is 707. The van der Waals surface area contributed by atoms with E-state index in [1.54, 1.807) is 4.90 Å². The van der Waals surface area contributed by atoms with Gasteiger partial charge in [0, 0.05) is 32.1 Å². The number of nitrogens with zero attached hydrogens (tertiary/aromatic N) is 2. The van der Waals surface area contributed by atoms with Crippen LogP contribution in [0.25, 0.3) is 0 Å². The van der Waals surface area contributed by atoms with E-state index in [9.17, 15) is 14.4 Å². The zero-order chi connectivity index (χ0) is 18.7. The van der Waals surface area contributed by atoms with Crippen molar-refractivity contribution in [1.82, 2.24) is 9.80 Å². The summed E-state index contributed by atoms with van der Waals surface area (Å²) in [6, 6.07) is 7.50. The molecule has 1 aromatic rings. The van der Waals surface area contributed by atoms with Crippen LogP contribution < -0.4 is 4.74 Å². The molecule has 2 unspecified atom stereocenters. The van der Waals surface area contributed by atoms with Crippen molar-refractivity contribution in [2.45, 2.75) is 18.9 Å². The van der Waals surface area contributed by atoms with Crippen molar-refractivity contribution < 1.29 is 29.0 Å². The second kappa shape index (κ2) is 7.74. The number of hydrogen-bond acceptors (Lipinski definition) is 5. The number of carbonyl (C=O) groups is 3. The largest absolute Gasteiger partial charge is 0.492 e. The minimum Gasteiger partial charge on any atom is -0.492 e. The van der Waals surface area contributed by atoms with Gasteiger partial charge in [0.2, 0.25) is 11.8 Å². The third-order valence-corrected chi connectivity index (χ3v) is 4.64. The van der Waals surface area contributed by atoms with Crippen LogP contribution in [0.4, 0.5) is 0 Å². The molecule has 140 valence electrons. The highest BCUT2D eigenvalue weighted by Crippen LogP contribution is 2.34. The minimum atomic E-state index is -1.08. The topological polar surface area (TPSA) is 96.4 Å². The molecule has 2 aliphatic heterocycles. The maximum atomic E-state index is 12.9. The normalized spacial score (nSPS) is 21.7. The quantitative estimate of drug-likeness (QED) is 0.811. The number of ether oxygens (including phenoxy) is 2. The molecule has 0 saturated carbocycles. The number of carboxylic acid groups (broad SMARTS) is 1. The van der Waals surface area contributed by atoms with Crippen LogP contribution in [0, 0.1) is 0 Å². The van der Waals surface area contributed by atoms with Gasteiger partial charge < -0.3 is 24.4 Å².